The number of nitrogens with two attached hydrogens (primary N) is 1. The van der Waals surface area contributed by atoms with Crippen molar-refractivity contribution in [1.29, 1.82) is 0 Å². The first-order valence-corrected chi connectivity index (χ1v) is 7.28. The maximum absolute atomic E-state index is 6.05. The molecule has 2 aromatic rings. The van der Waals surface area contributed by atoms with Gasteiger partial charge in [-0.15, -0.1) is 12.4 Å². The molecule has 3 rings (SSSR count). The summed E-state index contributed by atoms with van der Waals surface area (Å²) in [5.74, 6) is 1.52. The van der Waals surface area contributed by atoms with Crippen LogP contribution in [-0.2, 0) is 6.42 Å². The number of hydrogen-bond acceptors (Lipinski definition) is 2. The lowest BCUT2D eigenvalue weighted by Crippen LogP contribution is -2.24. The highest BCUT2D eigenvalue weighted by Gasteiger charge is 2.25. The highest BCUT2D eigenvalue weighted by Crippen LogP contribution is 2.41. The molecule has 1 heterocycles. The molecule has 0 radical (unpaired) electrons. The molecule has 0 saturated carbocycles. The Balaban J connectivity index is 0.00000161. The van der Waals surface area contributed by atoms with Gasteiger partial charge in [0.15, 0.2) is 0 Å². The van der Waals surface area contributed by atoms with E-state index in [1.807, 2.05) is 0 Å². The van der Waals surface area contributed by atoms with Crippen molar-refractivity contribution in [3.63, 3.8) is 0 Å². The number of halogens is 1. The summed E-state index contributed by atoms with van der Waals surface area (Å²) >= 11 is 0. The molecule has 1 unspecified atom stereocenters. The van der Waals surface area contributed by atoms with Crippen LogP contribution in [0, 0.1) is 0 Å². The van der Waals surface area contributed by atoms with Crippen LogP contribution in [0.15, 0.2) is 42.5 Å². The molecule has 0 saturated heterocycles. The van der Waals surface area contributed by atoms with Gasteiger partial charge in [-0.3, -0.25) is 0 Å². The standard InChI is InChI=1S/C18H21NO.ClH/c1-12(2)15-7-3-4-8-16(15)17-9-5-6-13-10-14(11-19)20-18(13)17;/h3-9,12,14H,10-11,19H2,1-2H3;1H. The van der Waals surface area contributed by atoms with Crippen LogP contribution >= 0.6 is 12.4 Å². The summed E-state index contributed by atoms with van der Waals surface area (Å²) in [7, 11) is 0. The second-order valence-electron chi connectivity index (χ2n) is 5.72. The summed E-state index contributed by atoms with van der Waals surface area (Å²) in [5, 5.41) is 0. The Morgan fingerprint density at radius 3 is 2.52 bits per heavy atom. The lowest BCUT2D eigenvalue weighted by molar-refractivity contribution is 0.242. The number of ether oxygens (including phenoxy) is 1. The van der Waals surface area contributed by atoms with Crippen LogP contribution in [0.2, 0.25) is 0 Å². The van der Waals surface area contributed by atoms with Gasteiger partial charge in [-0.2, -0.15) is 0 Å². The smallest absolute Gasteiger partial charge is 0.130 e. The van der Waals surface area contributed by atoms with E-state index in [1.165, 1.54) is 22.3 Å². The molecule has 1 aliphatic heterocycles. The average Bonchev–Trinajstić information content (AvgIpc) is 2.90. The summed E-state index contributed by atoms with van der Waals surface area (Å²) in [6.45, 7) is 5.02. The highest BCUT2D eigenvalue weighted by molar-refractivity contribution is 5.85. The minimum atomic E-state index is 0. The number of benzene rings is 2. The first-order chi connectivity index (χ1) is 9.70. The minimum Gasteiger partial charge on any atom is -0.488 e. The van der Waals surface area contributed by atoms with E-state index in [0.717, 1.165) is 12.2 Å². The Labute approximate surface area is 132 Å². The second-order valence-corrected chi connectivity index (χ2v) is 5.72. The van der Waals surface area contributed by atoms with E-state index in [1.54, 1.807) is 0 Å². The molecular formula is C18H22ClNO. The molecule has 0 bridgehead atoms. The molecule has 1 aliphatic rings. The fourth-order valence-electron chi connectivity index (χ4n) is 2.93. The fraction of sp³-hybridized carbons (Fsp3) is 0.333. The van der Waals surface area contributed by atoms with Crippen LogP contribution in [0.3, 0.4) is 0 Å². The second kappa shape index (κ2) is 6.50. The van der Waals surface area contributed by atoms with E-state index in [-0.39, 0.29) is 18.5 Å². The van der Waals surface area contributed by atoms with Gasteiger partial charge in [-0.1, -0.05) is 56.3 Å². The number of hydrogen-bond donors (Lipinski definition) is 1. The van der Waals surface area contributed by atoms with Gasteiger partial charge in [0.05, 0.1) is 0 Å². The monoisotopic (exact) mass is 303 g/mol. The van der Waals surface area contributed by atoms with Crippen LogP contribution < -0.4 is 10.5 Å². The number of fused-ring (bicyclic) bond motifs is 1. The largest absolute Gasteiger partial charge is 0.488 e. The minimum absolute atomic E-state index is 0. The van der Waals surface area contributed by atoms with Gasteiger partial charge in [-0.25, -0.2) is 0 Å². The Kier molecular flexibility index (Phi) is 4.92. The zero-order valence-corrected chi connectivity index (χ0v) is 13.3. The van der Waals surface area contributed by atoms with Crippen molar-refractivity contribution >= 4 is 12.4 Å². The van der Waals surface area contributed by atoms with Crippen LogP contribution in [0.25, 0.3) is 11.1 Å². The third-order valence-electron chi connectivity index (χ3n) is 3.96. The molecule has 21 heavy (non-hydrogen) atoms. The summed E-state index contributed by atoms with van der Waals surface area (Å²) in [5.41, 5.74) is 10.9. The molecule has 0 aliphatic carbocycles. The topological polar surface area (TPSA) is 35.2 Å². The SMILES string of the molecule is CC(C)c1ccccc1-c1cccc2c1OC(CN)C2.Cl. The normalized spacial score (nSPS) is 16.3. The third-order valence-corrected chi connectivity index (χ3v) is 3.96. The van der Waals surface area contributed by atoms with E-state index < -0.39 is 0 Å². The Morgan fingerprint density at radius 2 is 1.81 bits per heavy atom. The van der Waals surface area contributed by atoms with E-state index in [0.29, 0.717) is 12.5 Å². The zero-order chi connectivity index (χ0) is 14.1. The van der Waals surface area contributed by atoms with Gasteiger partial charge >= 0.3 is 0 Å². The Bertz CT molecular complexity index is 624. The van der Waals surface area contributed by atoms with Crippen LogP contribution in [0.4, 0.5) is 0 Å². The third kappa shape index (κ3) is 2.92. The van der Waals surface area contributed by atoms with Crippen molar-refractivity contribution < 1.29 is 4.74 Å². The summed E-state index contributed by atoms with van der Waals surface area (Å²) in [6.07, 6.45) is 1.04. The predicted molar refractivity (Wildman–Crippen MR) is 90.4 cm³/mol. The first-order valence-electron chi connectivity index (χ1n) is 7.28. The fourth-order valence-corrected chi connectivity index (χ4v) is 2.93. The van der Waals surface area contributed by atoms with Crippen molar-refractivity contribution in [2.24, 2.45) is 5.73 Å². The molecule has 0 amide bonds. The van der Waals surface area contributed by atoms with Gasteiger partial charge in [0.1, 0.15) is 11.9 Å². The molecule has 2 aromatic carbocycles. The Morgan fingerprint density at radius 1 is 1.10 bits per heavy atom. The maximum Gasteiger partial charge on any atom is 0.130 e. The first kappa shape index (κ1) is 15.9. The average molecular weight is 304 g/mol. The summed E-state index contributed by atoms with van der Waals surface area (Å²) in [4.78, 5) is 0. The maximum atomic E-state index is 6.05. The van der Waals surface area contributed by atoms with E-state index in [9.17, 15) is 0 Å². The lowest BCUT2D eigenvalue weighted by Gasteiger charge is -2.16. The summed E-state index contributed by atoms with van der Waals surface area (Å²) < 4.78 is 6.05. The van der Waals surface area contributed by atoms with Gasteiger partial charge in [0.2, 0.25) is 0 Å². The van der Waals surface area contributed by atoms with E-state index in [4.69, 9.17) is 10.5 Å². The van der Waals surface area contributed by atoms with Gasteiger partial charge < -0.3 is 10.5 Å². The van der Waals surface area contributed by atoms with Gasteiger partial charge in [0, 0.05) is 18.5 Å². The highest BCUT2D eigenvalue weighted by atomic mass is 35.5. The molecule has 1 atom stereocenters. The molecule has 2 N–H and O–H groups in total. The lowest BCUT2D eigenvalue weighted by atomic mass is 9.91. The quantitative estimate of drug-likeness (QED) is 0.924. The molecule has 0 aromatic heterocycles. The predicted octanol–water partition coefficient (Wildman–Crippen LogP) is 4.16. The van der Waals surface area contributed by atoms with Gasteiger partial charge in [0.25, 0.3) is 0 Å². The molecule has 0 fully saturated rings. The number of rotatable bonds is 3. The molecule has 0 spiro atoms. The molecule has 112 valence electrons. The van der Waals surface area contributed by atoms with E-state index >= 15 is 0 Å². The van der Waals surface area contributed by atoms with Crippen LogP contribution in [0.1, 0.15) is 30.9 Å². The summed E-state index contributed by atoms with van der Waals surface area (Å²) in [6, 6.07) is 15.0. The molecule has 3 heteroatoms. The van der Waals surface area contributed by atoms with Crippen LogP contribution in [0.5, 0.6) is 5.75 Å². The zero-order valence-electron chi connectivity index (χ0n) is 12.5. The Hall–Kier alpha value is -1.51. The van der Waals surface area contributed by atoms with Crippen molar-refractivity contribution in [1.82, 2.24) is 0 Å². The van der Waals surface area contributed by atoms with Crippen molar-refractivity contribution in [3.05, 3.63) is 53.6 Å². The van der Waals surface area contributed by atoms with Gasteiger partial charge in [-0.05, 0) is 22.6 Å². The molecule has 2 nitrogen and oxygen atoms in total. The number of para-hydroxylation sites is 1. The van der Waals surface area contributed by atoms with Crippen molar-refractivity contribution in [2.75, 3.05) is 6.54 Å². The van der Waals surface area contributed by atoms with Crippen molar-refractivity contribution in [3.8, 4) is 16.9 Å². The van der Waals surface area contributed by atoms with E-state index in [2.05, 4.69) is 56.3 Å². The van der Waals surface area contributed by atoms with Crippen LogP contribution in [-0.4, -0.2) is 12.6 Å². The van der Waals surface area contributed by atoms with Crippen molar-refractivity contribution in [2.45, 2.75) is 32.3 Å². The molecular weight excluding hydrogens is 282 g/mol.